The van der Waals surface area contributed by atoms with Crippen molar-refractivity contribution in [1.29, 1.82) is 0 Å². The topological polar surface area (TPSA) is 40.5 Å². The summed E-state index contributed by atoms with van der Waals surface area (Å²) < 4.78 is 0. The Morgan fingerprint density at radius 3 is 2.53 bits per heavy atom. The van der Waals surface area contributed by atoms with Gasteiger partial charge in [0.2, 0.25) is 5.91 Å². The molecule has 1 atom stereocenters. The molecule has 3 nitrogen and oxygen atoms in total. The summed E-state index contributed by atoms with van der Waals surface area (Å²) in [5.41, 5.74) is 0.797. The molecule has 1 aliphatic rings. The van der Waals surface area contributed by atoms with Crippen LogP contribution in [0.3, 0.4) is 0 Å². The van der Waals surface area contributed by atoms with Gasteiger partial charge in [0, 0.05) is 13.1 Å². The van der Waals surface area contributed by atoms with Gasteiger partial charge in [-0.1, -0.05) is 30.3 Å². The molecule has 80 valence electrons. The Kier molecular flexibility index (Phi) is 2.93. The molecule has 15 heavy (non-hydrogen) atoms. The van der Waals surface area contributed by atoms with Gasteiger partial charge in [0.1, 0.15) is 5.38 Å². The van der Waals surface area contributed by atoms with Crippen molar-refractivity contribution in [1.82, 2.24) is 4.90 Å². The number of carbonyl (C=O) groups excluding carboxylic acids is 1. The third-order valence-corrected chi connectivity index (χ3v) is 2.92. The van der Waals surface area contributed by atoms with Crippen molar-refractivity contribution in [3.05, 3.63) is 35.9 Å². The van der Waals surface area contributed by atoms with Gasteiger partial charge in [-0.3, -0.25) is 4.79 Å². The minimum absolute atomic E-state index is 0.131. The number of aliphatic hydroxyl groups is 1. The van der Waals surface area contributed by atoms with Gasteiger partial charge >= 0.3 is 0 Å². The van der Waals surface area contributed by atoms with Crippen LogP contribution in [0.2, 0.25) is 0 Å². The lowest BCUT2D eigenvalue weighted by atomic mass is 10.1. The minimum atomic E-state index is -0.640. The number of halogens is 1. The molecule has 2 rings (SSSR count). The number of aliphatic hydroxyl groups excluding tert-OH is 1. The molecule has 1 aliphatic heterocycles. The summed E-state index contributed by atoms with van der Waals surface area (Å²) in [4.78, 5) is 13.3. The van der Waals surface area contributed by atoms with E-state index in [9.17, 15) is 4.79 Å². The van der Waals surface area contributed by atoms with Crippen molar-refractivity contribution in [3.8, 4) is 0 Å². The summed E-state index contributed by atoms with van der Waals surface area (Å²) in [6.07, 6.45) is -0.381. The molecule has 0 aromatic heterocycles. The zero-order chi connectivity index (χ0) is 10.8. The molecule has 4 heteroatoms. The van der Waals surface area contributed by atoms with Crippen LogP contribution in [0.1, 0.15) is 10.9 Å². The monoisotopic (exact) mass is 225 g/mol. The Bertz CT molecular complexity index is 349. The van der Waals surface area contributed by atoms with E-state index in [1.54, 1.807) is 4.90 Å². The minimum Gasteiger partial charge on any atom is -0.389 e. The highest BCUT2D eigenvalue weighted by atomic mass is 35.5. The highest BCUT2D eigenvalue weighted by molar-refractivity contribution is 6.30. The molecule has 1 N–H and O–H groups in total. The van der Waals surface area contributed by atoms with Crippen molar-refractivity contribution in [3.63, 3.8) is 0 Å². The van der Waals surface area contributed by atoms with Crippen LogP contribution in [-0.2, 0) is 4.79 Å². The van der Waals surface area contributed by atoms with E-state index < -0.39 is 5.38 Å². The van der Waals surface area contributed by atoms with Crippen LogP contribution >= 0.6 is 11.6 Å². The molecule has 0 aliphatic carbocycles. The fourth-order valence-corrected chi connectivity index (χ4v) is 1.84. The van der Waals surface area contributed by atoms with Crippen LogP contribution in [0.25, 0.3) is 0 Å². The predicted molar refractivity (Wildman–Crippen MR) is 57.6 cm³/mol. The van der Waals surface area contributed by atoms with Crippen LogP contribution in [0, 0.1) is 0 Å². The Morgan fingerprint density at radius 2 is 2.00 bits per heavy atom. The van der Waals surface area contributed by atoms with E-state index in [0.717, 1.165) is 5.56 Å². The number of likely N-dealkylation sites (tertiary alicyclic amines) is 1. The average molecular weight is 226 g/mol. The first-order chi connectivity index (χ1) is 7.18. The van der Waals surface area contributed by atoms with Crippen molar-refractivity contribution in [2.45, 2.75) is 11.5 Å². The van der Waals surface area contributed by atoms with Crippen molar-refractivity contribution >= 4 is 17.5 Å². The average Bonchev–Trinajstić information content (AvgIpc) is 2.24. The van der Waals surface area contributed by atoms with Crippen LogP contribution in [0.4, 0.5) is 0 Å². The van der Waals surface area contributed by atoms with Crippen molar-refractivity contribution in [2.75, 3.05) is 13.1 Å². The summed E-state index contributed by atoms with van der Waals surface area (Å²) in [6.45, 7) is 0.795. The second-order valence-electron chi connectivity index (χ2n) is 3.67. The van der Waals surface area contributed by atoms with E-state index in [0.29, 0.717) is 13.1 Å². The third-order valence-electron chi connectivity index (χ3n) is 2.48. The number of β-amino-alcohol motifs (C(OH)–C–C–N with tert-alkyl or cyclic N) is 1. The fraction of sp³-hybridized carbons (Fsp3) is 0.364. The number of benzene rings is 1. The number of hydrogen-bond donors (Lipinski definition) is 1. The van der Waals surface area contributed by atoms with E-state index in [-0.39, 0.29) is 12.0 Å². The van der Waals surface area contributed by atoms with Gasteiger partial charge in [0.25, 0.3) is 0 Å². The molecule has 0 spiro atoms. The van der Waals surface area contributed by atoms with E-state index in [1.807, 2.05) is 30.3 Å². The zero-order valence-electron chi connectivity index (χ0n) is 8.14. The summed E-state index contributed by atoms with van der Waals surface area (Å²) in [7, 11) is 0. The van der Waals surface area contributed by atoms with Crippen molar-refractivity contribution < 1.29 is 9.90 Å². The number of amides is 1. The molecule has 1 fully saturated rings. The first kappa shape index (κ1) is 10.5. The Morgan fingerprint density at radius 1 is 1.40 bits per heavy atom. The van der Waals surface area contributed by atoms with Gasteiger partial charge in [0.05, 0.1) is 6.10 Å². The molecule has 1 unspecified atom stereocenters. The molecule has 1 amide bonds. The third kappa shape index (κ3) is 2.13. The van der Waals surface area contributed by atoms with E-state index in [1.165, 1.54) is 0 Å². The van der Waals surface area contributed by atoms with Crippen LogP contribution in [-0.4, -0.2) is 35.1 Å². The predicted octanol–water partition coefficient (Wildman–Crippen LogP) is 1.17. The van der Waals surface area contributed by atoms with E-state index in [2.05, 4.69) is 0 Å². The molecule has 1 aromatic carbocycles. The number of alkyl halides is 1. The largest absolute Gasteiger partial charge is 0.389 e. The number of rotatable bonds is 2. The highest BCUT2D eigenvalue weighted by Crippen LogP contribution is 2.24. The molecular weight excluding hydrogens is 214 g/mol. The number of nitrogens with zero attached hydrogens (tertiary/aromatic N) is 1. The molecule has 1 saturated heterocycles. The van der Waals surface area contributed by atoms with Gasteiger partial charge < -0.3 is 10.0 Å². The quantitative estimate of drug-likeness (QED) is 0.768. The Labute approximate surface area is 93.3 Å². The van der Waals surface area contributed by atoms with Crippen molar-refractivity contribution in [2.24, 2.45) is 0 Å². The molecule has 0 saturated carbocycles. The summed E-state index contributed by atoms with van der Waals surface area (Å²) >= 11 is 6.04. The summed E-state index contributed by atoms with van der Waals surface area (Å²) in [5, 5.41) is 8.44. The van der Waals surface area contributed by atoms with E-state index in [4.69, 9.17) is 16.7 Å². The maximum atomic E-state index is 11.8. The second-order valence-corrected chi connectivity index (χ2v) is 4.11. The smallest absolute Gasteiger partial charge is 0.245 e. The van der Waals surface area contributed by atoms with Crippen LogP contribution < -0.4 is 0 Å². The van der Waals surface area contributed by atoms with E-state index >= 15 is 0 Å². The van der Waals surface area contributed by atoms with Gasteiger partial charge in [-0.05, 0) is 5.56 Å². The van der Waals surface area contributed by atoms with Gasteiger partial charge in [-0.2, -0.15) is 0 Å². The Hall–Kier alpha value is -1.06. The summed E-state index contributed by atoms with van der Waals surface area (Å²) in [6, 6.07) is 9.23. The lowest BCUT2D eigenvalue weighted by Gasteiger charge is -2.37. The van der Waals surface area contributed by atoms with Crippen LogP contribution in [0.15, 0.2) is 30.3 Å². The zero-order valence-corrected chi connectivity index (χ0v) is 8.89. The standard InChI is InChI=1S/C11H12ClNO2/c12-10(8-4-2-1-3-5-8)11(15)13-6-9(14)7-13/h1-5,9-10,14H,6-7H2. The molecule has 1 aromatic rings. The first-order valence-electron chi connectivity index (χ1n) is 4.84. The van der Waals surface area contributed by atoms with Crippen LogP contribution in [0.5, 0.6) is 0 Å². The highest BCUT2D eigenvalue weighted by Gasteiger charge is 2.32. The first-order valence-corrected chi connectivity index (χ1v) is 5.28. The van der Waals surface area contributed by atoms with Gasteiger partial charge in [-0.15, -0.1) is 11.6 Å². The maximum Gasteiger partial charge on any atom is 0.245 e. The summed E-state index contributed by atoms with van der Waals surface area (Å²) in [5.74, 6) is -0.131. The SMILES string of the molecule is O=C(C(Cl)c1ccccc1)N1CC(O)C1. The molecule has 0 radical (unpaired) electrons. The lowest BCUT2D eigenvalue weighted by Crippen LogP contribution is -2.54. The second kappa shape index (κ2) is 4.21. The molecule has 0 bridgehead atoms. The van der Waals surface area contributed by atoms with Gasteiger partial charge in [0.15, 0.2) is 0 Å². The molecule has 1 heterocycles. The number of hydrogen-bond acceptors (Lipinski definition) is 2. The Balaban J connectivity index is 2.02. The maximum absolute atomic E-state index is 11.8. The number of carbonyl (C=O) groups is 1. The normalized spacial score (nSPS) is 18.4. The molecular formula is C11H12ClNO2. The fourth-order valence-electron chi connectivity index (χ4n) is 1.56. The lowest BCUT2D eigenvalue weighted by molar-refractivity contribution is -0.140. The van der Waals surface area contributed by atoms with Gasteiger partial charge in [-0.25, -0.2) is 0 Å².